The Morgan fingerprint density at radius 1 is 0.950 bits per heavy atom. The molecule has 20 heavy (non-hydrogen) atoms. The molecular weight excluding hydrogens is 341 g/mol. The zero-order valence-corrected chi connectivity index (χ0v) is 13.2. The molecule has 0 bridgehead atoms. The van der Waals surface area contributed by atoms with Crippen LogP contribution in [0.3, 0.4) is 0 Å². The summed E-state index contributed by atoms with van der Waals surface area (Å²) < 4.78 is 24.7. The molecule has 2 rings (SSSR count). The smallest absolute Gasteiger partial charge is 0.182 e. The highest BCUT2D eigenvalue weighted by Crippen LogP contribution is 2.28. The van der Waals surface area contributed by atoms with Crippen LogP contribution in [0.25, 0.3) is 0 Å². The molecule has 106 valence electrons. The van der Waals surface area contributed by atoms with E-state index in [2.05, 4.69) is 0 Å². The molecule has 0 atom stereocenters. The first kappa shape index (κ1) is 15.4. The fourth-order valence-corrected chi connectivity index (χ4v) is 3.73. The minimum Gasteiger partial charge on any atom is -0.398 e. The van der Waals surface area contributed by atoms with Gasteiger partial charge in [0.05, 0.1) is 21.4 Å². The first-order valence-corrected chi connectivity index (χ1v) is 8.30. The number of hydrogen-bond donors (Lipinski definition) is 1. The molecule has 0 aliphatic rings. The maximum absolute atomic E-state index is 12.3. The molecule has 0 aliphatic heterocycles. The highest BCUT2D eigenvalue weighted by atomic mass is 35.5. The van der Waals surface area contributed by atoms with Crippen LogP contribution < -0.4 is 5.73 Å². The van der Waals surface area contributed by atoms with Crippen LogP contribution in [0.4, 0.5) is 5.69 Å². The molecular formula is C13H10Cl3NO2S. The number of benzene rings is 2. The number of rotatable bonds is 3. The second-order valence-corrected chi connectivity index (χ2v) is 7.42. The van der Waals surface area contributed by atoms with Crippen LogP contribution >= 0.6 is 34.8 Å². The standard InChI is InChI=1S/C13H10Cl3NO2S/c14-9-1-3-11(15)8(5-9)7-20(18,19)10-2-4-13(17)12(16)6-10/h1-6H,7,17H2. The summed E-state index contributed by atoms with van der Waals surface area (Å²) in [5.74, 6) is -0.257. The Bertz CT molecular complexity index is 760. The summed E-state index contributed by atoms with van der Waals surface area (Å²) in [6.07, 6.45) is 0. The average molecular weight is 351 g/mol. The lowest BCUT2D eigenvalue weighted by Crippen LogP contribution is -2.06. The summed E-state index contributed by atoms with van der Waals surface area (Å²) in [7, 11) is -3.57. The van der Waals surface area contributed by atoms with E-state index in [0.717, 1.165) is 0 Å². The maximum atomic E-state index is 12.3. The summed E-state index contributed by atoms with van der Waals surface area (Å²) in [4.78, 5) is 0.0905. The van der Waals surface area contributed by atoms with Crippen molar-refractivity contribution < 1.29 is 8.42 Å². The SMILES string of the molecule is Nc1ccc(S(=O)(=O)Cc2cc(Cl)ccc2Cl)cc1Cl. The number of anilines is 1. The summed E-state index contributed by atoms with van der Waals surface area (Å²) in [6, 6.07) is 8.87. The van der Waals surface area contributed by atoms with Crippen LogP contribution in [0.5, 0.6) is 0 Å². The average Bonchev–Trinajstić information content (AvgIpc) is 2.36. The fourth-order valence-electron chi connectivity index (χ4n) is 1.64. The van der Waals surface area contributed by atoms with Crippen LogP contribution in [0, 0.1) is 0 Å². The van der Waals surface area contributed by atoms with Gasteiger partial charge in [-0.05, 0) is 42.0 Å². The Morgan fingerprint density at radius 2 is 1.65 bits per heavy atom. The Morgan fingerprint density at radius 3 is 2.30 bits per heavy atom. The number of nitrogens with two attached hydrogens (primary N) is 1. The van der Waals surface area contributed by atoms with Crippen molar-refractivity contribution in [3.63, 3.8) is 0 Å². The minimum absolute atomic E-state index is 0.0905. The van der Waals surface area contributed by atoms with E-state index in [1.54, 1.807) is 12.1 Å². The predicted octanol–water partition coefficient (Wildman–Crippen LogP) is 4.20. The van der Waals surface area contributed by atoms with Gasteiger partial charge in [-0.15, -0.1) is 0 Å². The van der Waals surface area contributed by atoms with Gasteiger partial charge in [-0.2, -0.15) is 0 Å². The van der Waals surface area contributed by atoms with E-state index in [1.165, 1.54) is 24.3 Å². The van der Waals surface area contributed by atoms with Crippen molar-refractivity contribution >= 4 is 50.3 Å². The lowest BCUT2D eigenvalue weighted by Gasteiger charge is -2.08. The van der Waals surface area contributed by atoms with Gasteiger partial charge in [0.2, 0.25) is 0 Å². The lowest BCUT2D eigenvalue weighted by atomic mass is 10.2. The van der Waals surface area contributed by atoms with Crippen molar-refractivity contribution in [1.29, 1.82) is 0 Å². The van der Waals surface area contributed by atoms with Crippen LogP contribution in [0.2, 0.25) is 15.1 Å². The molecule has 0 unspecified atom stereocenters. The second kappa shape index (κ2) is 5.82. The Hall–Kier alpha value is -0.940. The van der Waals surface area contributed by atoms with Crippen molar-refractivity contribution in [2.45, 2.75) is 10.6 Å². The molecule has 0 radical (unpaired) electrons. The summed E-state index contributed by atoms with van der Waals surface area (Å²) in [6.45, 7) is 0. The first-order chi connectivity index (χ1) is 9.29. The molecule has 0 heterocycles. The van der Waals surface area contributed by atoms with Crippen LogP contribution in [-0.2, 0) is 15.6 Å². The predicted molar refractivity (Wildman–Crippen MR) is 83.2 cm³/mol. The van der Waals surface area contributed by atoms with Gasteiger partial charge in [-0.3, -0.25) is 0 Å². The third kappa shape index (κ3) is 3.38. The molecule has 0 fully saturated rings. The van der Waals surface area contributed by atoms with E-state index in [1.807, 2.05) is 0 Å². The van der Waals surface area contributed by atoms with Gasteiger partial charge in [-0.1, -0.05) is 34.8 Å². The Balaban J connectivity index is 2.40. The van der Waals surface area contributed by atoms with E-state index < -0.39 is 9.84 Å². The normalized spacial score (nSPS) is 11.6. The van der Waals surface area contributed by atoms with Gasteiger partial charge in [0, 0.05) is 10.0 Å². The molecule has 7 heteroatoms. The molecule has 3 nitrogen and oxygen atoms in total. The maximum Gasteiger partial charge on any atom is 0.182 e. The van der Waals surface area contributed by atoms with Crippen molar-refractivity contribution in [2.75, 3.05) is 5.73 Å². The number of hydrogen-bond acceptors (Lipinski definition) is 3. The quantitative estimate of drug-likeness (QED) is 0.844. The van der Waals surface area contributed by atoms with Crippen LogP contribution in [-0.4, -0.2) is 8.42 Å². The number of sulfone groups is 1. The van der Waals surface area contributed by atoms with Crippen LogP contribution in [0.15, 0.2) is 41.3 Å². The van der Waals surface area contributed by atoms with E-state index in [0.29, 0.717) is 21.3 Å². The van der Waals surface area contributed by atoms with Crippen molar-refractivity contribution in [3.8, 4) is 0 Å². The largest absolute Gasteiger partial charge is 0.398 e. The summed E-state index contributed by atoms with van der Waals surface area (Å²) in [5, 5.41) is 0.970. The van der Waals surface area contributed by atoms with Gasteiger partial charge in [-0.25, -0.2) is 8.42 Å². The monoisotopic (exact) mass is 349 g/mol. The summed E-state index contributed by atoms with van der Waals surface area (Å²) >= 11 is 17.7. The highest BCUT2D eigenvalue weighted by Gasteiger charge is 2.18. The van der Waals surface area contributed by atoms with Gasteiger partial charge in [0.1, 0.15) is 0 Å². The molecule has 2 aromatic carbocycles. The summed E-state index contributed by atoms with van der Waals surface area (Å²) in [5.41, 5.74) is 6.33. The molecule has 2 N–H and O–H groups in total. The third-order valence-corrected chi connectivity index (χ3v) is 5.28. The van der Waals surface area contributed by atoms with Crippen molar-refractivity contribution in [1.82, 2.24) is 0 Å². The molecule has 2 aromatic rings. The zero-order chi connectivity index (χ0) is 14.9. The van der Waals surface area contributed by atoms with Crippen molar-refractivity contribution in [3.05, 3.63) is 57.0 Å². The van der Waals surface area contributed by atoms with E-state index in [-0.39, 0.29) is 15.7 Å². The van der Waals surface area contributed by atoms with Gasteiger partial charge < -0.3 is 5.73 Å². The molecule has 0 aromatic heterocycles. The second-order valence-electron chi connectivity index (χ2n) is 4.18. The fraction of sp³-hybridized carbons (Fsp3) is 0.0769. The zero-order valence-electron chi connectivity index (χ0n) is 10.1. The molecule has 0 spiro atoms. The molecule has 0 amide bonds. The molecule has 0 aliphatic carbocycles. The minimum atomic E-state index is -3.57. The van der Waals surface area contributed by atoms with Gasteiger partial charge in [0.15, 0.2) is 9.84 Å². The Labute approximate surface area is 132 Å². The topological polar surface area (TPSA) is 60.2 Å². The molecule has 0 saturated heterocycles. The van der Waals surface area contributed by atoms with E-state index >= 15 is 0 Å². The number of nitrogen functional groups attached to an aromatic ring is 1. The number of halogens is 3. The van der Waals surface area contributed by atoms with Gasteiger partial charge in [0.25, 0.3) is 0 Å². The van der Waals surface area contributed by atoms with Crippen LogP contribution in [0.1, 0.15) is 5.56 Å². The van der Waals surface area contributed by atoms with Gasteiger partial charge >= 0.3 is 0 Å². The highest BCUT2D eigenvalue weighted by molar-refractivity contribution is 7.90. The first-order valence-electron chi connectivity index (χ1n) is 5.51. The third-order valence-electron chi connectivity index (χ3n) is 2.68. The Kier molecular flexibility index (Phi) is 4.49. The molecule has 0 saturated carbocycles. The lowest BCUT2D eigenvalue weighted by molar-refractivity contribution is 0.595. The van der Waals surface area contributed by atoms with E-state index in [9.17, 15) is 8.42 Å². The van der Waals surface area contributed by atoms with Crippen molar-refractivity contribution in [2.24, 2.45) is 0 Å². The van der Waals surface area contributed by atoms with E-state index in [4.69, 9.17) is 40.5 Å².